The molecule has 2 aromatic rings. The van der Waals surface area contributed by atoms with Gasteiger partial charge in [0.1, 0.15) is 5.00 Å². The SMILES string of the molecule is CCOC(=O)c1ncsc1NC(C)c1ccccn1. The first kappa shape index (κ1) is 13.5. The zero-order valence-corrected chi connectivity index (χ0v) is 11.6. The fraction of sp³-hybridized carbons (Fsp3) is 0.308. The molecule has 2 heterocycles. The van der Waals surface area contributed by atoms with Crippen molar-refractivity contribution in [2.24, 2.45) is 0 Å². The Morgan fingerprint density at radius 1 is 1.47 bits per heavy atom. The molecule has 5 nitrogen and oxygen atoms in total. The van der Waals surface area contributed by atoms with E-state index in [2.05, 4.69) is 15.3 Å². The second-order valence-corrected chi connectivity index (χ2v) is 4.73. The molecule has 0 bridgehead atoms. The fourth-order valence-electron chi connectivity index (χ4n) is 1.60. The Morgan fingerprint density at radius 3 is 3.00 bits per heavy atom. The van der Waals surface area contributed by atoms with Crippen LogP contribution in [0, 0.1) is 0 Å². The average Bonchev–Trinajstić information content (AvgIpc) is 2.88. The summed E-state index contributed by atoms with van der Waals surface area (Å²) in [5.41, 5.74) is 2.86. The maximum atomic E-state index is 11.7. The number of carbonyl (C=O) groups is 1. The zero-order chi connectivity index (χ0) is 13.7. The van der Waals surface area contributed by atoms with Crippen molar-refractivity contribution in [2.45, 2.75) is 19.9 Å². The molecule has 0 saturated heterocycles. The van der Waals surface area contributed by atoms with Crippen LogP contribution in [0.2, 0.25) is 0 Å². The Balaban J connectivity index is 2.12. The van der Waals surface area contributed by atoms with Gasteiger partial charge in [0.15, 0.2) is 5.69 Å². The first-order chi connectivity index (χ1) is 9.22. The summed E-state index contributed by atoms with van der Waals surface area (Å²) in [6.07, 6.45) is 1.74. The number of hydrogen-bond donors (Lipinski definition) is 1. The average molecular weight is 277 g/mol. The number of rotatable bonds is 5. The molecule has 0 aliphatic heterocycles. The van der Waals surface area contributed by atoms with E-state index in [1.165, 1.54) is 11.3 Å². The Morgan fingerprint density at radius 2 is 2.32 bits per heavy atom. The van der Waals surface area contributed by atoms with E-state index in [1.807, 2.05) is 25.1 Å². The summed E-state index contributed by atoms with van der Waals surface area (Å²) >= 11 is 1.38. The van der Waals surface area contributed by atoms with Crippen LogP contribution in [0.3, 0.4) is 0 Å². The maximum absolute atomic E-state index is 11.7. The number of thiazole rings is 1. The van der Waals surface area contributed by atoms with Crippen molar-refractivity contribution in [3.8, 4) is 0 Å². The molecular formula is C13H15N3O2S. The van der Waals surface area contributed by atoms with Crippen LogP contribution >= 0.6 is 11.3 Å². The molecule has 19 heavy (non-hydrogen) atoms. The number of aromatic nitrogens is 2. The van der Waals surface area contributed by atoms with E-state index in [4.69, 9.17) is 4.74 Å². The molecule has 1 unspecified atom stereocenters. The Labute approximate surface area is 115 Å². The number of hydrogen-bond acceptors (Lipinski definition) is 6. The normalized spacial score (nSPS) is 11.9. The molecule has 0 saturated carbocycles. The van der Waals surface area contributed by atoms with Crippen molar-refractivity contribution in [2.75, 3.05) is 11.9 Å². The van der Waals surface area contributed by atoms with Crippen LogP contribution in [-0.2, 0) is 4.74 Å². The number of pyridine rings is 1. The highest BCUT2D eigenvalue weighted by Crippen LogP contribution is 2.25. The second kappa shape index (κ2) is 6.29. The van der Waals surface area contributed by atoms with Crippen molar-refractivity contribution in [1.82, 2.24) is 9.97 Å². The number of anilines is 1. The van der Waals surface area contributed by atoms with Gasteiger partial charge >= 0.3 is 5.97 Å². The van der Waals surface area contributed by atoms with Crippen molar-refractivity contribution in [3.63, 3.8) is 0 Å². The van der Waals surface area contributed by atoms with Gasteiger partial charge in [0.05, 0.1) is 23.9 Å². The van der Waals surface area contributed by atoms with Crippen LogP contribution < -0.4 is 5.32 Å². The first-order valence-corrected chi connectivity index (χ1v) is 6.88. The molecule has 0 aromatic carbocycles. The molecular weight excluding hydrogens is 262 g/mol. The van der Waals surface area contributed by atoms with Gasteiger partial charge in [0.2, 0.25) is 0 Å². The standard InChI is InChI=1S/C13H15N3O2S/c1-3-18-13(17)11-12(19-8-15-11)16-9(2)10-6-4-5-7-14-10/h4-9,16H,3H2,1-2H3. The molecule has 0 aliphatic carbocycles. The fourth-order valence-corrected chi connectivity index (χ4v) is 2.35. The van der Waals surface area contributed by atoms with Crippen LogP contribution in [0.5, 0.6) is 0 Å². The first-order valence-electron chi connectivity index (χ1n) is 6.00. The summed E-state index contributed by atoms with van der Waals surface area (Å²) in [5.74, 6) is -0.403. The Kier molecular flexibility index (Phi) is 4.46. The Bertz CT molecular complexity index is 542. The highest BCUT2D eigenvalue weighted by atomic mass is 32.1. The van der Waals surface area contributed by atoms with E-state index in [0.717, 1.165) is 5.69 Å². The third-order valence-electron chi connectivity index (χ3n) is 2.52. The lowest BCUT2D eigenvalue weighted by Crippen LogP contribution is -2.12. The highest BCUT2D eigenvalue weighted by molar-refractivity contribution is 7.14. The quantitative estimate of drug-likeness (QED) is 0.851. The monoisotopic (exact) mass is 277 g/mol. The molecule has 0 radical (unpaired) electrons. The van der Waals surface area contributed by atoms with Crippen LogP contribution in [0.15, 0.2) is 29.9 Å². The molecule has 0 spiro atoms. The summed E-state index contributed by atoms with van der Waals surface area (Å²) in [4.78, 5) is 20.0. The van der Waals surface area contributed by atoms with Gasteiger partial charge in [0, 0.05) is 6.20 Å². The van der Waals surface area contributed by atoms with Gasteiger partial charge in [-0.05, 0) is 26.0 Å². The molecule has 0 amide bonds. The predicted molar refractivity (Wildman–Crippen MR) is 74.3 cm³/mol. The lowest BCUT2D eigenvalue weighted by Gasteiger charge is -2.13. The van der Waals surface area contributed by atoms with Crippen LogP contribution in [0.4, 0.5) is 5.00 Å². The van der Waals surface area contributed by atoms with Gasteiger partial charge in [0.25, 0.3) is 0 Å². The van der Waals surface area contributed by atoms with E-state index in [0.29, 0.717) is 17.3 Å². The van der Waals surface area contributed by atoms with Crippen molar-refractivity contribution in [3.05, 3.63) is 41.3 Å². The molecule has 1 atom stereocenters. The number of carbonyl (C=O) groups excluding carboxylic acids is 1. The molecule has 2 aromatic heterocycles. The zero-order valence-electron chi connectivity index (χ0n) is 10.8. The second-order valence-electron chi connectivity index (χ2n) is 3.87. The smallest absolute Gasteiger partial charge is 0.360 e. The molecule has 1 N–H and O–H groups in total. The molecule has 6 heteroatoms. The van der Waals surface area contributed by atoms with Gasteiger partial charge in [-0.25, -0.2) is 9.78 Å². The van der Waals surface area contributed by atoms with Crippen LogP contribution in [0.1, 0.15) is 36.1 Å². The third kappa shape index (κ3) is 3.29. The lowest BCUT2D eigenvalue weighted by molar-refractivity contribution is 0.0521. The van der Waals surface area contributed by atoms with Crippen LogP contribution in [-0.4, -0.2) is 22.5 Å². The van der Waals surface area contributed by atoms with E-state index in [9.17, 15) is 4.79 Å². The van der Waals surface area contributed by atoms with E-state index >= 15 is 0 Å². The van der Waals surface area contributed by atoms with Gasteiger partial charge in [-0.3, -0.25) is 4.98 Å². The summed E-state index contributed by atoms with van der Waals surface area (Å²) in [7, 11) is 0. The topological polar surface area (TPSA) is 64.1 Å². The number of ether oxygens (including phenoxy) is 1. The van der Waals surface area contributed by atoms with Crippen molar-refractivity contribution < 1.29 is 9.53 Å². The predicted octanol–water partition coefficient (Wildman–Crippen LogP) is 2.89. The molecule has 0 aliphatic rings. The summed E-state index contributed by atoms with van der Waals surface area (Å²) in [6, 6.07) is 5.73. The molecule has 2 rings (SSSR count). The van der Waals surface area contributed by atoms with E-state index < -0.39 is 5.97 Å². The van der Waals surface area contributed by atoms with Gasteiger partial charge < -0.3 is 10.1 Å². The third-order valence-corrected chi connectivity index (χ3v) is 3.27. The van der Waals surface area contributed by atoms with Crippen LogP contribution in [0.25, 0.3) is 0 Å². The minimum atomic E-state index is -0.403. The minimum absolute atomic E-state index is 0.00479. The number of esters is 1. The lowest BCUT2D eigenvalue weighted by atomic mass is 10.2. The minimum Gasteiger partial charge on any atom is -0.461 e. The maximum Gasteiger partial charge on any atom is 0.360 e. The Hall–Kier alpha value is -1.95. The largest absolute Gasteiger partial charge is 0.461 e. The number of nitrogens with zero attached hydrogens (tertiary/aromatic N) is 2. The number of nitrogens with one attached hydrogen (secondary N) is 1. The molecule has 100 valence electrons. The highest BCUT2D eigenvalue weighted by Gasteiger charge is 2.18. The summed E-state index contributed by atoms with van der Waals surface area (Å²) < 4.78 is 4.96. The summed E-state index contributed by atoms with van der Waals surface area (Å²) in [5, 5.41) is 3.94. The van der Waals surface area contributed by atoms with Gasteiger partial charge in [-0.1, -0.05) is 6.07 Å². The summed E-state index contributed by atoms with van der Waals surface area (Å²) in [6.45, 7) is 4.09. The molecule has 0 fully saturated rings. The van der Waals surface area contributed by atoms with Gasteiger partial charge in [-0.2, -0.15) is 0 Å². The van der Waals surface area contributed by atoms with Gasteiger partial charge in [-0.15, -0.1) is 11.3 Å². The van der Waals surface area contributed by atoms with E-state index in [1.54, 1.807) is 18.6 Å². The van der Waals surface area contributed by atoms with Crippen molar-refractivity contribution in [1.29, 1.82) is 0 Å². The van der Waals surface area contributed by atoms with Crippen molar-refractivity contribution >= 4 is 22.3 Å². The van der Waals surface area contributed by atoms with E-state index in [-0.39, 0.29) is 6.04 Å².